The number of nitriles is 2. The van der Waals surface area contributed by atoms with Gasteiger partial charge in [-0.2, -0.15) is 10.5 Å². The normalized spacial score (nSPS) is 16.1. The van der Waals surface area contributed by atoms with Crippen LogP contribution in [0.3, 0.4) is 0 Å². The number of hydrogen-bond acceptors (Lipinski definition) is 5. The van der Waals surface area contributed by atoms with E-state index in [1.807, 2.05) is 0 Å². The SMILES string of the molecule is COC1=C(n2cc[n+](C)c2)[C]([O-])C(C#N)=C(C#N)C1=O. The number of aromatic nitrogens is 2. The first-order valence-electron chi connectivity index (χ1n) is 5.50. The number of ketones is 1. The summed E-state index contributed by atoms with van der Waals surface area (Å²) in [6.07, 6.45) is 4.04. The molecular weight excluding hydrogens is 260 g/mol. The summed E-state index contributed by atoms with van der Waals surface area (Å²) in [6.45, 7) is 0. The molecule has 1 aliphatic carbocycles. The van der Waals surface area contributed by atoms with Crippen LogP contribution in [0.4, 0.5) is 0 Å². The smallest absolute Gasteiger partial charge is 0.248 e. The summed E-state index contributed by atoms with van der Waals surface area (Å²) < 4.78 is 8.00. The molecule has 1 aliphatic rings. The molecule has 0 saturated carbocycles. The molecule has 7 nitrogen and oxygen atoms in total. The number of imidazole rings is 1. The second-order valence-electron chi connectivity index (χ2n) is 4.00. The predicted molar refractivity (Wildman–Crippen MR) is 62.3 cm³/mol. The highest BCUT2D eigenvalue weighted by Crippen LogP contribution is 2.33. The van der Waals surface area contributed by atoms with E-state index in [9.17, 15) is 9.90 Å². The Kier molecular flexibility index (Phi) is 3.38. The number of carbonyl (C=O) groups excluding carboxylic acids is 1. The average molecular weight is 269 g/mol. The van der Waals surface area contributed by atoms with E-state index in [0.29, 0.717) is 0 Å². The van der Waals surface area contributed by atoms with Crippen LogP contribution in [0.5, 0.6) is 0 Å². The van der Waals surface area contributed by atoms with Gasteiger partial charge in [-0.25, -0.2) is 9.13 Å². The fourth-order valence-corrected chi connectivity index (χ4v) is 1.89. The van der Waals surface area contributed by atoms with Gasteiger partial charge in [-0.15, -0.1) is 0 Å². The number of aryl methyl sites for hydroxylation is 1. The largest absolute Gasteiger partial charge is 0.839 e. The Balaban J connectivity index is 2.69. The molecule has 0 unspecified atom stereocenters. The molecule has 2 rings (SSSR count). The van der Waals surface area contributed by atoms with Crippen LogP contribution < -0.4 is 9.67 Å². The van der Waals surface area contributed by atoms with Gasteiger partial charge in [-0.1, -0.05) is 0 Å². The van der Waals surface area contributed by atoms with Crippen LogP contribution >= 0.6 is 0 Å². The lowest BCUT2D eigenvalue weighted by Crippen LogP contribution is -2.32. The third-order valence-corrected chi connectivity index (χ3v) is 2.80. The van der Waals surface area contributed by atoms with Crippen molar-refractivity contribution < 1.29 is 19.2 Å². The Morgan fingerprint density at radius 3 is 2.45 bits per heavy atom. The Labute approximate surface area is 114 Å². The van der Waals surface area contributed by atoms with Gasteiger partial charge in [-0.05, 0) is 6.10 Å². The zero-order valence-electron chi connectivity index (χ0n) is 10.7. The van der Waals surface area contributed by atoms with Crippen molar-refractivity contribution in [2.45, 2.75) is 0 Å². The standard InChI is InChI=1S/C13H9N4O3/c1-16-3-4-17(7-16)10-11(18)8(5-14)9(6-15)12(19)13(10)20-2/h3-4,7H,1-2H3. The quantitative estimate of drug-likeness (QED) is 0.637. The first kappa shape index (κ1) is 13.5. The van der Waals surface area contributed by atoms with Gasteiger partial charge in [0.2, 0.25) is 17.9 Å². The molecule has 7 heteroatoms. The first-order chi connectivity index (χ1) is 9.54. The molecule has 1 heterocycles. The topological polar surface area (TPSA) is 106 Å². The van der Waals surface area contributed by atoms with E-state index in [0.717, 1.165) is 0 Å². The minimum Gasteiger partial charge on any atom is -0.839 e. The zero-order chi connectivity index (χ0) is 14.9. The van der Waals surface area contributed by atoms with Crippen molar-refractivity contribution in [3.05, 3.63) is 41.7 Å². The van der Waals surface area contributed by atoms with Crippen molar-refractivity contribution in [1.29, 1.82) is 10.5 Å². The molecule has 1 aromatic heterocycles. The van der Waals surface area contributed by atoms with Gasteiger partial charge >= 0.3 is 0 Å². The summed E-state index contributed by atoms with van der Waals surface area (Å²) in [4.78, 5) is 12.1. The Bertz CT molecular complexity index is 728. The van der Waals surface area contributed by atoms with E-state index >= 15 is 0 Å². The maximum absolute atomic E-state index is 12.3. The summed E-state index contributed by atoms with van der Waals surface area (Å²) in [5, 5.41) is 30.2. The van der Waals surface area contributed by atoms with E-state index in [1.165, 1.54) is 11.7 Å². The van der Waals surface area contributed by atoms with Crippen molar-refractivity contribution in [1.82, 2.24) is 4.57 Å². The summed E-state index contributed by atoms with van der Waals surface area (Å²) in [5.74, 6) is -1.01. The fraction of sp³-hybridized carbons (Fsp3) is 0.154. The number of Topliss-reactive ketones (excluding diaryl/α,β-unsaturated/α-hetero) is 1. The molecule has 0 aliphatic heterocycles. The molecule has 0 N–H and O–H groups in total. The molecule has 20 heavy (non-hydrogen) atoms. The number of methoxy groups -OCH3 is 1. The van der Waals surface area contributed by atoms with Crippen molar-refractivity contribution in [3.8, 4) is 12.1 Å². The van der Waals surface area contributed by atoms with Gasteiger partial charge < -0.3 is 9.84 Å². The fourth-order valence-electron chi connectivity index (χ4n) is 1.89. The van der Waals surface area contributed by atoms with Crippen molar-refractivity contribution >= 4 is 11.5 Å². The molecule has 0 spiro atoms. The minimum atomic E-state index is -0.766. The van der Waals surface area contributed by atoms with Crippen molar-refractivity contribution in [2.75, 3.05) is 7.11 Å². The number of ether oxygens (including phenoxy) is 1. The molecule has 0 bridgehead atoms. The van der Waals surface area contributed by atoms with Crippen LogP contribution in [-0.4, -0.2) is 17.5 Å². The summed E-state index contributed by atoms with van der Waals surface area (Å²) in [5.41, 5.74) is -1.03. The van der Waals surface area contributed by atoms with E-state index in [1.54, 1.807) is 42.5 Å². The Hall–Kier alpha value is -2.90. The zero-order valence-corrected chi connectivity index (χ0v) is 10.7. The summed E-state index contributed by atoms with van der Waals surface area (Å²) in [6, 6.07) is 3.20. The lowest BCUT2D eigenvalue weighted by Gasteiger charge is -2.27. The molecule has 0 fully saturated rings. The van der Waals surface area contributed by atoms with Crippen molar-refractivity contribution in [3.63, 3.8) is 0 Å². The van der Waals surface area contributed by atoms with Crippen LogP contribution in [0.1, 0.15) is 0 Å². The highest BCUT2D eigenvalue weighted by molar-refractivity contribution is 6.17. The summed E-state index contributed by atoms with van der Waals surface area (Å²) >= 11 is 0. The molecule has 0 aromatic carbocycles. The van der Waals surface area contributed by atoms with Crippen molar-refractivity contribution in [2.24, 2.45) is 7.05 Å². The molecule has 0 amide bonds. The highest BCUT2D eigenvalue weighted by atomic mass is 16.5. The van der Waals surface area contributed by atoms with E-state index in [-0.39, 0.29) is 11.5 Å². The van der Waals surface area contributed by atoms with Gasteiger partial charge in [0.05, 0.1) is 20.2 Å². The third kappa shape index (κ3) is 1.87. The van der Waals surface area contributed by atoms with Gasteiger partial charge in [-0.3, -0.25) is 4.79 Å². The molecule has 1 radical (unpaired) electrons. The number of carbonyl (C=O) groups is 1. The second-order valence-corrected chi connectivity index (χ2v) is 4.00. The first-order valence-corrected chi connectivity index (χ1v) is 5.50. The number of nitrogens with zero attached hydrogens (tertiary/aromatic N) is 4. The predicted octanol–water partition coefficient (Wildman–Crippen LogP) is -1.05. The lowest BCUT2D eigenvalue weighted by atomic mass is 9.91. The van der Waals surface area contributed by atoms with Gasteiger partial charge in [0.25, 0.3) is 0 Å². The molecule has 0 saturated heterocycles. The molecule has 99 valence electrons. The van der Waals surface area contributed by atoms with Gasteiger partial charge in [0.1, 0.15) is 29.7 Å². The van der Waals surface area contributed by atoms with Gasteiger partial charge in [0.15, 0.2) is 0 Å². The molecular formula is C13H9N4O3. The van der Waals surface area contributed by atoms with E-state index in [4.69, 9.17) is 15.3 Å². The molecule has 1 aromatic rings. The van der Waals surface area contributed by atoms with Crippen LogP contribution in [-0.2, 0) is 16.6 Å². The van der Waals surface area contributed by atoms with Crippen LogP contribution in [0.15, 0.2) is 35.6 Å². The maximum atomic E-state index is 12.3. The molecule has 0 atom stereocenters. The second kappa shape index (κ2) is 5.00. The number of hydrogen-bond donors (Lipinski definition) is 0. The third-order valence-electron chi connectivity index (χ3n) is 2.80. The van der Waals surface area contributed by atoms with Gasteiger partial charge in [0, 0.05) is 5.57 Å². The Morgan fingerprint density at radius 2 is 2.00 bits per heavy atom. The van der Waals surface area contributed by atoms with Crippen LogP contribution in [0.2, 0.25) is 0 Å². The monoisotopic (exact) mass is 269 g/mol. The number of allylic oxidation sites excluding steroid dienone is 1. The summed E-state index contributed by atoms with van der Waals surface area (Å²) in [7, 11) is 2.97. The minimum absolute atomic E-state index is 0.0753. The average Bonchev–Trinajstić information content (AvgIpc) is 2.85. The number of rotatable bonds is 2. The Morgan fingerprint density at radius 1 is 1.35 bits per heavy atom. The lowest BCUT2D eigenvalue weighted by molar-refractivity contribution is -0.670. The van der Waals surface area contributed by atoms with Crippen LogP contribution in [0, 0.1) is 28.8 Å². The van der Waals surface area contributed by atoms with Crippen LogP contribution in [0.25, 0.3) is 5.70 Å². The van der Waals surface area contributed by atoms with E-state index < -0.39 is 23.0 Å². The van der Waals surface area contributed by atoms with E-state index in [2.05, 4.69) is 0 Å². The highest BCUT2D eigenvalue weighted by Gasteiger charge is 2.35. The maximum Gasteiger partial charge on any atom is 0.248 e.